The van der Waals surface area contributed by atoms with Gasteiger partial charge in [-0.25, -0.2) is 9.37 Å². The van der Waals surface area contributed by atoms with E-state index in [0.717, 1.165) is 13.0 Å². The fourth-order valence-corrected chi connectivity index (χ4v) is 2.44. The van der Waals surface area contributed by atoms with Crippen molar-refractivity contribution in [3.63, 3.8) is 0 Å². The number of aromatic nitrogens is 2. The summed E-state index contributed by atoms with van der Waals surface area (Å²) in [5.74, 6) is 0.708. The van der Waals surface area contributed by atoms with Crippen LogP contribution in [0, 0.1) is 5.82 Å². The Hall–Kier alpha value is -1.40. The van der Waals surface area contributed by atoms with Gasteiger partial charge < -0.3 is 10.6 Å². The summed E-state index contributed by atoms with van der Waals surface area (Å²) < 4.78 is 13.7. The van der Waals surface area contributed by atoms with Crippen molar-refractivity contribution in [2.75, 3.05) is 17.2 Å². The lowest BCUT2D eigenvalue weighted by Crippen LogP contribution is -2.05. The van der Waals surface area contributed by atoms with Gasteiger partial charge in [0.2, 0.25) is 5.95 Å². The van der Waals surface area contributed by atoms with E-state index in [0.29, 0.717) is 21.9 Å². The van der Waals surface area contributed by atoms with E-state index in [1.807, 2.05) is 0 Å². The Labute approximate surface area is 129 Å². The number of hydrogen-bond acceptors (Lipinski definition) is 4. The second-order valence-electron chi connectivity index (χ2n) is 4.06. The first-order chi connectivity index (χ1) is 9.60. The molecule has 0 aliphatic carbocycles. The molecule has 1 aromatic heterocycles. The standard InChI is InChI=1S/C13H13BrClFN4/c1-2-4-17-13-18-5-3-11(20-13)19-12-9(14)6-8(16)7-10(12)15/h3,5-7H,2,4H2,1H3,(H2,17,18,19,20). The van der Waals surface area contributed by atoms with E-state index >= 15 is 0 Å². The summed E-state index contributed by atoms with van der Waals surface area (Å²) in [6.45, 7) is 2.86. The van der Waals surface area contributed by atoms with Crippen molar-refractivity contribution in [1.29, 1.82) is 0 Å². The van der Waals surface area contributed by atoms with E-state index < -0.39 is 5.82 Å². The first-order valence-electron chi connectivity index (χ1n) is 6.08. The Morgan fingerprint density at radius 3 is 2.90 bits per heavy atom. The molecule has 0 saturated heterocycles. The van der Waals surface area contributed by atoms with E-state index in [2.05, 4.69) is 43.5 Å². The summed E-state index contributed by atoms with van der Waals surface area (Å²) in [5.41, 5.74) is 0.563. The second kappa shape index (κ2) is 6.85. The molecule has 1 aromatic carbocycles. The van der Waals surface area contributed by atoms with Crippen molar-refractivity contribution in [3.05, 3.63) is 39.7 Å². The fourth-order valence-electron chi connectivity index (χ4n) is 1.54. The molecular formula is C13H13BrClFN4. The van der Waals surface area contributed by atoms with Crippen LogP contribution in [0.4, 0.5) is 21.8 Å². The Kier molecular flexibility index (Phi) is 5.14. The molecule has 4 nitrogen and oxygen atoms in total. The number of benzene rings is 1. The summed E-state index contributed by atoms with van der Waals surface area (Å²) in [6.07, 6.45) is 2.62. The van der Waals surface area contributed by atoms with Gasteiger partial charge in [-0.05, 0) is 40.5 Å². The summed E-state index contributed by atoms with van der Waals surface area (Å²) in [4.78, 5) is 8.41. The highest BCUT2D eigenvalue weighted by Gasteiger charge is 2.09. The van der Waals surface area contributed by atoms with Crippen molar-refractivity contribution >= 4 is 45.0 Å². The molecule has 0 aliphatic rings. The first kappa shape index (κ1) is 15.0. The number of halogens is 3. The zero-order chi connectivity index (χ0) is 14.5. The predicted octanol–water partition coefficient (Wildman–Crippen LogP) is 4.60. The van der Waals surface area contributed by atoms with Gasteiger partial charge in [0.15, 0.2) is 0 Å². The Morgan fingerprint density at radius 1 is 1.40 bits per heavy atom. The molecule has 0 radical (unpaired) electrons. The molecule has 0 amide bonds. The van der Waals surface area contributed by atoms with Crippen LogP contribution in [0.1, 0.15) is 13.3 Å². The molecule has 1 heterocycles. The smallest absolute Gasteiger partial charge is 0.224 e. The lowest BCUT2D eigenvalue weighted by molar-refractivity contribution is 0.627. The van der Waals surface area contributed by atoms with E-state index in [1.165, 1.54) is 12.1 Å². The molecule has 7 heteroatoms. The largest absolute Gasteiger partial charge is 0.354 e. The zero-order valence-electron chi connectivity index (χ0n) is 10.8. The van der Waals surface area contributed by atoms with Gasteiger partial charge >= 0.3 is 0 Å². The minimum absolute atomic E-state index is 0.276. The van der Waals surface area contributed by atoms with Gasteiger partial charge in [-0.3, -0.25) is 0 Å². The maximum Gasteiger partial charge on any atom is 0.224 e. The molecule has 2 rings (SSSR count). The van der Waals surface area contributed by atoms with Crippen LogP contribution < -0.4 is 10.6 Å². The highest BCUT2D eigenvalue weighted by molar-refractivity contribution is 9.10. The summed E-state index contributed by atoms with van der Waals surface area (Å²) in [6, 6.07) is 4.29. The summed E-state index contributed by atoms with van der Waals surface area (Å²) in [5, 5.41) is 6.42. The fraction of sp³-hybridized carbons (Fsp3) is 0.231. The highest BCUT2D eigenvalue weighted by atomic mass is 79.9. The Bertz CT molecular complexity index is 586. The van der Waals surface area contributed by atoms with Gasteiger partial charge in [0.25, 0.3) is 0 Å². The topological polar surface area (TPSA) is 49.8 Å². The van der Waals surface area contributed by atoms with E-state index in [4.69, 9.17) is 11.6 Å². The summed E-state index contributed by atoms with van der Waals surface area (Å²) >= 11 is 9.29. The molecule has 0 spiro atoms. The summed E-state index contributed by atoms with van der Waals surface area (Å²) in [7, 11) is 0. The molecule has 20 heavy (non-hydrogen) atoms. The Morgan fingerprint density at radius 2 is 2.20 bits per heavy atom. The van der Waals surface area contributed by atoms with Gasteiger partial charge in [0, 0.05) is 17.2 Å². The van der Waals surface area contributed by atoms with Crippen molar-refractivity contribution in [2.24, 2.45) is 0 Å². The molecule has 2 N–H and O–H groups in total. The van der Waals surface area contributed by atoms with Gasteiger partial charge in [0.05, 0.1) is 10.7 Å². The third kappa shape index (κ3) is 3.80. The van der Waals surface area contributed by atoms with Gasteiger partial charge in [-0.2, -0.15) is 4.98 Å². The lowest BCUT2D eigenvalue weighted by atomic mass is 10.3. The van der Waals surface area contributed by atoms with Crippen molar-refractivity contribution in [1.82, 2.24) is 9.97 Å². The van der Waals surface area contributed by atoms with E-state index in [-0.39, 0.29) is 5.02 Å². The molecule has 106 valence electrons. The quantitative estimate of drug-likeness (QED) is 0.819. The predicted molar refractivity (Wildman–Crippen MR) is 83.2 cm³/mol. The zero-order valence-corrected chi connectivity index (χ0v) is 13.1. The molecule has 0 bridgehead atoms. The number of hydrogen-bond donors (Lipinski definition) is 2. The van der Waals surface area contributed by atoms with Crippen LogP contribution in [0.5, 0.6) is 0 Å². The van der Waals surface area contributed by atoms with Crippen LogP contribution >= 0.6 is 27.5 Å². The lowest BCUT2D eigenvalue weighted by Gasteiger charge is -2.11. The van der Waals surface area contributed by atoms with Gasteiger partial charge in [-0.1, -0.05) is 18.5 Å². The van der Waals surface area contributed by atoms with E-state index in [1.54, 1.807) is 12.3 Å². The molecule has 0 unspecified atom stereocenters. The van der Waals surface area contributed by atoms with Crippen molar-refractivity contribution < 1.29 is 4.39 Å². The average molecular weight is 360 g/mol. The highest BCUT2D eigenvalue weighted by Crippen LogP contribution is 2.33. The van der Waals surface area contributed by atoms with Crippen LogP contribution in [-0.2, 0) is 0 Å². The number of anilines is 3. The Balaban J connectivity index is 2.22. The monoisotopic (exact) mass is 358 g/mol. The maximum absolute atomic E-state index is 13.2. The molecular weight excluding hydrogens is 347 g/mol. The maximum atomic E-state index is 13.2. The number of nitrogens with zero attached hydrogens (tertiary/aromatic N) is 2. The average Bonchev–Trinajstić information content (AvgIpc) is 2.41. The van der Waals surface area contributed by atoms with Crippen LogP contribution in [0.3, 0.4) is 0 Å². The molecule has 2 aromatic rings. The van der Waals surface area contributed by atoms with Gasteiger partial charge in [0.1, 0.15) is 11.6 Å². The second-order valence-corrected chi connectivity index (χ2v) is 5.32. The molecule has 0 atom stereocenters. The normalized spacial score (nSPS) is 10.4. The van der Waals surface area contributed by atoms with Gasteiger partial charge in [-0.15, -0.1) is 0 Å². The minimum Gasteiger partial charge on any atom is -0.354 e. The van der Waals surface area contributed by atoms with Crippen LogP contribution in [0.15, 0.2) is 28.9 Å². The molecule has 0 fully saturated rings. The van der Waals surface area contributed by atoms with Crippen molar-refractivity contribution in [3.8, 4) is 0 Å². The van der Waals surface area contributed by atoms with Crippen LogP contribution in [-0.4, -0.2) is 16.5 Å². The van der Waals surface area contributed by atoms with Crippen LogP contribution in [0.2, 0.25) is 5.02 Å². The molecule has 0 saturated carbocycles. The minimum atomic E-state index is -0.402. The third-order valence-corrected chi connectivity index (χ3v) is 3.37. The van der Waals surface area contributed by atoms with E-state index in [9.17, 15) is 4.39 Å². The van der Waals surface area contributed by atoms with Crippen LogP contribution in [0.25, 0.3) is 0 Å². The SMILES string of the molecule is CCCNc1nccc(Nc2c(Cl)cc(F)cc2Br)n1. The number of rotatable bonds is 5. The van der Waals surface area contributed by atoms with Crippen molar-refractivity contribution in [2.45, 2.75) is 13.3 Å². The third-order valence-electron chi connectivity index (χ3n) is 2.45. The molecule has 0 aliphatic heterocycles. The first-order valence-corrected chi connectivity index (χ1v) is 7.25. The number of nitrogens with one attached hydrogen (secondary N) is 2.